The van der Waals surface area contributed by atoms with Crippen LogP contribution in [0, 0.1) is 6.92 Å². The van der Waals surface area contributed by atoms with Gasteiger partial charge in [-0.05, 0) is 36.6 Å². The van der Waals surface area contributed by atoms with E-state index in [9.17, 15) is 0 Å². The number of aryl methyl sites for hydroxylation is 2. The lowest BCUT2D eigenvalue weighted by molar-refractivity contribution is 0.462. The summed E-state index contributed by atoms with van der Waals surface area (Å²) in [5.74, 6) is 1.37. The Bertz CT molecular complexity index is 521. The fraction of sp³-hybridized carbons (Fsp3) is 0.267. The molecule has 1 aromatic heterocycles. The Morgan fingerprint density at radius 2 is 1.94 bits per heavy atom. The van der Waals surface area contributed by atoms with Crippen molar-refractivity contribution >= 4 is 5.69 Å². The number of nitrogens with zero attached hydrogens (tertiary/aromatic N) is 1. The maximum Gasteiger partial charge on any atom is 0.219 e. The van der Waals surface area contributed by atoms with Gasteiger partial charge >= 0.3 is 0 Å². The number of aromatic nitrogens is 1. The minimum Gasteiger partial charge on any atom is -0.439 e. The van der Waals surface area contributed by atoms with E-state index >= 15 is 0 Å². The summed E-state index contributed by atoms with van der Waals surface area (Å²) in [5, 5.41) is 0. The summed E-state index contributed by atoms with van der Waals surface area (Å²) in [5.41, 5.74) is 8.70. The highest BCUT2D eigenvalue weighted by atomic mass is 16.5. The van der Waals surface area contributed by atoms with Crippen molar-refractivity contribution in [2.75, 3.05) is 5.73 Å². The van der Waals surface area contributed by atoms with Gasteiger partial charge in [0.05, 0.1) is 11.9 Å². The molecule has 18 heavy (non-hydrogen) atoms. The summed E-state index contributed by atoms with van der Waals surface area (Å²) in [6.45, 7) is 4.11. The first-order chi connectivity index (χ1) is 8.69. The van der Waals surface area contributed by atoms with E-state index in [2.05, 4.69) is 24.0 Å². The number of hydrogen-bond acceptors (Lipinski definition) is 3. The van der Waals surface area contributed by atoms with E-state index in [0.29, 0.717) is 11.6 Å². The number of anilines is 1. The summed E-state index contributed by atoms with van der Waals surface area (Å²) in [6, 6.07) is 9.96. The van der Waals surface area contributed by atoms with Gasteiger partial charge in [0.1, 0.15) is 5.75 Å². The smallest absolute Gasteiger partial charge is 0.219 e. The van der Waals surface area contributed by atoms with Crippen molar-refractivity contribution in [2.24, 2.45) is 0 Å². The summed E-state index contributed by atoms with van der Waals surface area (Å²) in [6.07, 6.45) is 3.87. The summed E-state index contributed by atoms with van der Waals surface area (Å²) in [7, 11) is 0. The first-order valence-corrected chi connectivity index (χ1v) is 6.18. The van der Waals surface area contributed by atoms with Crippen molar-refractivity contribution < 1.29 is 4.74 Å². The molecule has 0 radical (unpaired) electrons. The first-order valence-electron chi connectivity index (χ1n) is 6.18. The second kappa shape index (κ2) is 5.54. The van der Waals surface area contributed by atoms with E-state index in [0.717, 1.165) is 24.2 Å². The molecule has 0 saturated carbocycles. The molecule has 1 aromatic carbocycles. The van der Waals surface area contributed by atoms with Gasteiger partial charge in [-0.1, -0.05) is 25.5 Å². The predicted molar refractivity (Wildman–Crippen MR) is 73.9 cm³/mol. The van der Waals surface area contributed by atoms with Crippen LogP contribution in [0.25, 0.3) is 0 Å². The van der Waals surface area contributed by atoms with E-state index in [4.69, 9.17) is 10.5 Å². The van der Waals surface area contributed by atoms with Crippen LogP contribution in [0.4, 0.5) is 5.69 Å². The van der Waals surface area contributed by atoms with Gasteiger partial charge in [0.2, 0.25) is 5.88 Å². The molecule has 0 aliphatic heterocycles. The molecule has 0 bridgehead atoms. The molecular weight excluding hydrogens is 224 g/mol. The molecule has 94 valence electrons. The third-order valence-electron chi connectivity index (χ3n) is 2.81. The van der Waals surface area contributed by atoms with E-state index in [-0.39, 0.29) is 0 Å². The summed E-state index contributed by atoms with van der Waals surface area (Å²) in [4.78, 5) is 4.15. The topological polar surface area (TPSA) is 48.1 Å². The molecular formula is C15H18N2O. The van der Waals surface area contributed by atoms with E-state index < -0.39 is 0 Å². The lowest BCUT2D eigenvalue weighted by Gasteiger charge is -2.07. The number of nitrogens with two attached hydrogens (primary N) is 1. The Kier molecular flexibility index (Phi) is 3.82. The maximum atomic E-state index is 5.72. The van der Waals surface area contributed by atoms with Gasteiger partial charge in [0.25, 0.3) is 0 Å². The van der Waals surface area contributed by atoms with Gasteiger partial charge < -0.3 is 10.5 Å². The molecule has 3 heteroatoms. The van der Waals surface area contributed by atoms with E-state index in [1.165, 1.54) is 5.56 Å². The van der Waals surface area contributed by atoms with Gasteiger partial charge in [-0.25, -0.2) is 4.98 Å². The number of ether oxygens (including phenoxy) is 1. The first kappa shape index (κ1) is 12.4. The van der Waals surface area contributed by atoms with Crippen LogP contribution >= 0.6 is 0 Å². The standard InChI is InChI=1S/C15H18N2O/c1-3-4-12-5-7-13(8-6-12)18-15-9-11(2)14(16)10-17-15/h5-10H,3-4,16H2,1-2H3. The fourth-order valence-electron chi connectivity index (χ4n) is 1.73. The van der Waals surface area contributed by atoms with Crippen LogP contribution in [-0.4, -0.2) is 4.98 Å². The average Bonchev–Trinajstić information content (AvgIpc) is 2.37. The van der Waals surface area contributed by atoms with Crippen LogP contribution in [0.1, 0.15) is 24.5 Å². The van der Waals surface area contributed by atoms with Crippen molar-refractivity contribution in [1.29, 1.82) is 0 Å². The molecule has 0 aliphatic rings. The number of benzene rings is 1. The molecule has 1 heterocycles. The number of rotatable bonds is 4. The molecule has 2 rings (SSSR count). The summed E-state index contributed by atoms with van der Waals surface area (Å²) >= 11 is 0. The zero-order chi connectivity index (χ0) is 13.0. The van der Waals surface area contributed by atoms with Crippen molar-refractivity contribution in [3.63, 3.8) is 0 Å². The average molecular weight is 242 g/mol. The molecule has 0 fully saturated rings. The Hall–Kier alpha value is -2.03. The predicted octanol–water partition coefficient (Wildman–Crippen LogP) is 3.72. The molecule has 0 aliphatic carbocycles. The number of nitrogen functional groups attached to an aromatic ring is 1. The highest BCUT2D eigenvalue weighted by Gasteiger charge is 2.01. The summed E-state index contributed by atoms with van der Waals surface area (Å²) < 4.78 is 5.68. The van der Waals surface area contributed by atoms with Crippen molar-refractivity contribution in [1.82, 2.24) is 4.98 Å². The van der Waals surface area contributed by atoms with Crippen LogP contribution in [0.5, 0.6) is 11.6 Å². The second-order valence-corrected chi connectivity index (χ2v) is 4.38. The molecule has 0 amide bonds. The van der Waals surface area contributed by atoms with E-state index in [1.54, 1.807) is 6.20 Å². The zero-order valence-electron chi connectivity index (χ0n) is 10.8. The minimum absolute atomic E-state index is 0.574. The number of pyridine rings is 1. The van der Waals surface area contributed by atoms with Gasteiger partial charge in [0, 0.05) is 6.07 Å². The van der Waals surface area contributed by atoms with Crippen molar-refractivity contribution in [3.05, 3.63) is 47.7 Å². The second-order valence-electron chi connectivity index (χ2n) is 4.38. The van der Waals surface area contributed by atoms with Crippen molar-refractivity contribution in [2.45, 2.75) is 26.7 Å². The minimum atomic E-state index is 0.574. The number of hydrogen-bond donors (Lipinski definition) is 1. The lowest BCUT2D eigenvalue weighted by Crippen LogP contribution is -1.94. The van der Waals surface area contributed by atoms with Gasteiger partial charge in [-0.2, -0.15) is 0 Å². The quantitative estimate of drug-likeness (QED) is 0.889. The molecule has 3 nitrogen and oxygen atoms in total. The van der Waals surface area contributed by atoms with Crippen LogP contribution in [0.2, 0.25) is 0 Å². The van der Waals surface area contributed by atoms with Gasteiger partial charge in [-0.15, -0.1) is 0 Å². The molecule has 2 N–H and O–H groups in total. The normalized spacial score (nSPS) is 10.3. The zero-order valence-corrected chi connectivity index (χ0v) is 10.8. The third kappa shape index (κ3) is 3.00. The van der Waals surface area contributed by atoms with Gasteiger partial charge in [0.15, 0.2) is 0 Å². The lowest BCUT2D eigenvalue weighted by atomic mass is 10.1. The Morgan fingerprint density at radius 1 is 1.22 bits per heavy atom. The van der Waals surface area contributed by atoms with Crippen LogP contribution < -0.4 is 10.5 Å². The van der Waals surface area contributed by atoms with Crippen LogP contribution in [0.3, 0.4) is 0 Å². The third-order valence-corrected chi connectivity index (χ3v) is 2.81. The van der Waals surface area contributed by atoms with Crippen LogP contribution in [0.15, 0.2) is 36.5 Å². The highest BCUT2D eigenvalue weighted by Crippen LogP contribution is 2.22. The molecule has 0 saturated heterocycles. The van der Waals surface area contributed by atoms with E-state index in [1.807, 2.05) is 25.1 Å². The Morgan fingerprint density at radius 3 is 2.56 bits per heavy atom. The van der Waals surface area contributed by atoms with Crippen molar-refractivity contribution in [3.8, 4) is 11.6 Å². The largest absolute Gasteiger partial charge is 0.439 e. The molecule has 0 atom stereocenters. The highest BCUT2D eigenvalue weighted by molar-refractivity contribution is 5.46. The molecule has 2 aromatic rings. The van der Waals surface area contributed by atoms with Crippen LogP contribution in [-0.2, 0) is 6.42 Å². The Labute approximate surface area is 108 Å². The maximum absolute atomic E-state index is 5.72. The fourth-order valence-corrected chi connectivity index (χ4v) is 1.73. The molecule has 0 spiro atoms. The molecule has 0 unspecified atom stereocenters. The van der Waals surface area contributed by atoms with Gasteiger partial charge in [-0.3, -0.25) is 0 Å². The monoisotopic (exact) mass is 242 g/mol. The SMILES string of the molecule is CCCc1ccc(Oc2cc(C)c(N)cn2)cc1. The Balaban J connectivity index is 2.10.